The summed E-state index contributed by atoms with van der Waals surface area (Å²) in [6, 6.07) is 9.35. The predicted molar refractivity (Wildman–Crippen MR) is 91.0 cm³/mol. The molecule has 24 heavy (non-hydrogen) atoms. The Morgan fingerprint density at radius 2 is 1.92 bits per heavy atom. The molecule has 0 spiro atoms. The lowest BCUT2D eigenvalue weighted by atomic mass is 10.1. The van der Waals surface area contributed by atoms with E-state index in [-0.39, 0.29) is 5.75 Å². The summed E-state index contributed by atoms with van der Waals surface area (Å²) in [4.78, 5) is 4.51. The Balaban J connectivity index is 1.87. The highest BCUT2D eigenvalue weighted by Crippen LogP contribution is 2.32. The van der Waals surface area contributed by atoms with E-state index in [1.807, 2.05) is 49.9 Å². The minimum absolute atomic E-state index is 0.125. The van der Waals surface area contributed by atoms with E-state index in [1.165, 1.54) is 0 Å². The predicted octanol–water partition coefficient (Wildman–Crippen LogP) is 3.12. The Kier molecular flexibility index (Phi) is 3.23. The molecule has 0 unspecified atom stereocenters. The highest BCUT2D eigenvalue weighted by molar-refractivity contribution is 5.71. The van der Waals surface area contributed by atoms with E-state index in [1.54, 1.807) is 24.1 Å². The maximum absolute atomic E-state index is 9.79. The summed E-state index contributed by atoms with van der Waals surface area (Å²) in [5.74, 6) is 0.573. The first-order chi connectivity index (χ1) is 11.7. The quantitative estimate of drug-likeness (QED) is 0.630. The maximum Gasteiger partial charge on any atom is 0.161 e. The van der Waals surface area contributed by atoms with Crippen molar-refractivity contribution in [2.45, 2.75) is 0 Å². The monoisotopic (exact) mass is 320 g/mol. The zero-order valence-electron chi connectivity index (χ0n) is 13.3. The molecule has 6 nitrogen and oxygen atoms in total. The highest BCUT2D eigenvalue weighted by Gasteiger charge is 2.10. The van der Waals surface area contributed by atoms with Crippen molar-refractivity contribution in [3.63, 3.8) is 0 Å². The van der Waals surface area contributed by atoms with Crippen LogP contribution in [-0.2, 0) is 7.05 Å². The molecule has 1 N–H and O–H groups in total. The first-order valence-corrected chi connectivity index (χ1v) is 7.49. The van der Waals surface area contributed by atoms with Gasteiger partial charge < -0.3 is 14.2 Å². The van der Waals surface area contributed by atoms with Crippen LogP contribution < -0.4 is 4.74 Å². The van der Waals surface area contributed by atoms with E-state index in [2.05, 4.69) is 14.5 Å². The van der Waals surface area contributed by atoms with Crippen molar-refractivity contribution in [3.05, 3.63) is 55.1 Å². The molecule has 4 rings (SSSR count). The van der Waals surface area contributed by atoms with Gasteiger partial charge in [-0.2, -0.15) is 5.10 Å². The maximum atomic E-state index is 9.79. The molecular weight excluding hydrogens is 304 g/mol. The average Bonchev–Trinajstić information content (AvgIpc) is 3.21. The average molecular weight is 320 g/mol. The van der Waals surface area contributed by atoms with Gasteiger partial charge in [0, 0.05) is 30.6 Å². The molecular formula is C18H16N4O2. The van der Waals surface area contributed by atoms with Gasteiger partial charge >= 0.3 is 0 Å². The number of benzene rings is 1. The number of phenols is 1. The first kappa shape index (κ1) is 14.3. The Morgan fingerprint density at radius 1 is 1.04 bits per heavy atom. The fraction of sp³-hybridized carbons (Fsp3) is 0.111. The van der Waals surface area contributed by atoms with Crippen molar-refractivity contribution in [1.29, 1.82) is 0 Å². The number of fused-ring (bicyclic) bond motifs is 1. The molecule has 0 aliphatic carbocycles. The van der Waals surface area contributed by atoms with Gasteiger partial charge in [-0.3, -0.25) is 9.67 Å². The van der Waals surface area contributed by atoms with Crippen LogP contribution in [0.1, 0.15) is 0 Å². The van der Waals surface area contributed by atoms with Crippen LogP contribution >= 0.6 is 0 Å². The van der Waals surface area contributed by atoms with Gasteiger partial charge in [0.1, 0.15) is 0 Å². The smallest absolute Gasteiger partial charge is 0.161 e. The Bertz CT molecular complexity index is 1030. The summed E-state index contributed by atoms with van der Waals surface area (Å²) in [6.45, 7) is 0. The molecule has 3 aromatic heterocycles. The zero-order chi connectivity index (χ0) is 16.7. The molecule has 6 heteroatoms. The number of nitrogens with zero attached hydrogens (tertiary/aromatic N) is 4. The lowest BCUT2D eigenvalue weighted by Crippen LogP contribution is -1.93. The molecule has 0 aliphatic rings. The fourth-order valence-corrected chi connectivity index (χ4v) is 2.78. The van der Waals surface area contributed by atoms with E-state index in [4.69, 9.17) is 4.74 Å². The highest BCUT2D eigenvalue weighted by atomic mass is 16.5. The third kappa shape index (κ3) is 2.28. The second-order valence-electron chi connectivity index (χ2n) is 5.58. The van der Waals surface area contributed by atoms with Gasteiger partial charge in [0.15, 0.2) is 11.5 Å². The van der Waals surface area contributed by atoms with Crippen LogP contribution in [0.25, 0.3) is 28.0 Å². The zero-order valence-corrected chi connectivity index (χ0v) is 13.3. The van der Waals surface area contributed by atoms with Gasteiger partial charge in [-0.25, -0.2) is 0 Å². The third-order valence-corrected chi connectivity index (χ3v) is 4.01. The van der Waals surface area contributed by atoms with Crippen LogP contribution in [0.4, 0.5) is 0 Å². The number of aromatic hydroxyl groups is 1. The number of phenolic OH excluding ortho intramolecular Hbond substituents is 1. The summed E-state index contributed by atoms with van der Waals surface area (Å²) in [5, 5.41) is 14.0. The van der Waals surface area contributed by atoms with E-state index >= 15 is 0 Å². The summed E-state index contributed by atoms with van der Waals surface area (Å²) < 4.78 is 9.03. The molecule has 0 saturated heterocycles. The number of aryl methyl sites for hydroxylation is 1. The van der Waals surface area contributed by atoms with Crippen molar-refractivity contribution in [3.8, 4) is 34.0 Å². The van der Waals surface area contributed by atoms with Crippen molar-refractivity contribution in [2.24, 2.45) is 7.05 Å². The minimum Gasteiger partial charge on any atom is -0.504 e. The number of hydrogen-bond acceptors (Lipinski definition) is 4. The number of hydrogen-bond donors (Lipinski definition) is 1. The molecule has 0 fully saturated rings. The number of methoxy groups -OCH3 is 1. The number of rotatable bonds is 3. The molecule has 0 saturated carbocycles. The Hall–Kier alpha value is -3.28. The van der Waals surface area contributed by atoms with Gasteiger partial charge in [-0.05, 0) is 30.3 Å². The van der Waals surface area contributed by atoms with E-state index in [0.29, 0.717) is 5.75 Å². The fourth-order valence-electron chi connectivity index (χ4n) is 2.78. The Morgan fingerprint density at radius 3 is 2.67 bits per heavy atom. The van der Waals surface area contributed by atoms with E-state index in [9.17, 15) is 5.11 Å². The van der Waals surface area contributed by atoms with E-state index < -0.39 is 0 Å². The molecule has 0 aliphatic heterocycles. The topological polar surface area (TPSA) is 64.6 Å². The second-order valence-corrected chi connectivity index (χ2v) is 5.58. The summed E-state index contributed by atoms with van der Waals surface area (Å²) in [7, 11) is 3.42. The van der Waals surface area contributed by atoms with Crippen LogP contribution in [0.3, 0.4) is 0 Å². The van der Waals surface area contributed by atoms with Gasteiger partial charge in [0.2, 0.25) is 0 Å². The van der Waals surface area contributed by atoms with Crippen LogP contribution in [0.2, 0.25) is 0 Å². The molecule has 4 aromatic rings. The van der Waals surface area contributed by atoms with Crippen LogP contribution in [0, 0.1) is 0 Å². The molecule has 3 heterocycles. The molecule has 120 valence electrons. The molecule has 0 radical (unpaired) electrons. The van der Waals surface area contributed by atoms with Gasteiger partial charge in [-0.1, -0.05) is 0 Å². The van der Waals surface area contributed by atoms with Gasteiger partial charge in [-0.15, -0.1) is 0 Å². The molecule has 0 atom stereocenters. The van der Waals surface area contributed by atoms with Gasteiger partial charge in [0.25, 0.3) is 0 Å². The lowest BCUT2D eigenvalue weighted by Gasteiger charge is -2.08. The first-order valence-electron chi connectivity index (χ1n) is 7.49. The number of ether oxygens (including phenoxy) is 1. The Labute approximate surface area is 138 Å². The normalized spacial score (nSPS) is 11.1. The summed E-state index contributed by atoms with van der Waals surface area (Å²) >= 11 is 0. The van der Waals surface area contributed by atoms with Crippen molar-refractivity contribution in [2.75, 3.05) is 7.11 Å². The second kappa shape index (κ2) is 5.42. The van der Waals surface area contributed by atoms with Gasteiger partial charge in [0.05, 0.1) is 36.4 Å². The number of aromatic nitrogens is 4. The van der Waals surface area contributed by atoms with Crippen molar-refractivity contribution < 1.29 is 9.84 Å². The lowest BCUT2D eigenvalue weighted by molar-refractivity contribution is 0.373. The standard InChI is InChI=1S/C18H16N4O2/c1-21-10-13(8-20-21)15-11-22-14(9-19-15)4-5-16(22)12-3-6-17(23)18(7-12)24-2/h3-11,23H,1-2H3. The molecule has 1 aromatic carbocycles. The molecule has 0 amide bonds. The van der Waals surface area contributed by atoms with E-state index in [0.717, 1.165) is 28.0 Å². The van der Waals surface area contributed by atoms with Crippen LogP contribution in [0.15, 0.2) is 55.1 Å². The van der Waals surface area contributed by atoms with Crippen LogP contribution in [0.5, 0.6) is 11.5 Å². The largest absolute Gasteiger partial charge is 0.504 e. The summed E-state index contributed by atoms with van der Waals surface area (Å²) in [6.07, 6.45) is 7.55. The molecule has 0 bridgehead atoms. The third-order valence-electron chi connectivity index (χ3n) is 4.01. The minimum atomic E-state index is 0.125. The van der Waals surface area contributed by atoms with Crippen molar-refractivity contribution in [1.82, 2.24) is 19.2 Å². The van der Waals surface area contributed by atoms with Crippen molar-refractivity contribution >= 4 is 5.52 Å². The SMILES string of the molecule is COc1cc(-c2ccc3cnc(-c4cnn(C)c4)cn23)ccc1O. The van der Waals surface area contributed by atoms with Crippen LogP contribution in [-0.4, -0.2) is 31.4 Å². The summed E-state index contributed by atoms with van der Waals surface area (Å²) in [5.41, 5.74) is 4.75.